The van der Waals surface area contributed by atoms with Crippen LogP contribution in [0.2, 0.25) is 0 Å². The first-order valence-corrected chi connectivity index (χ1v) is 6.92. The van der Waals surface area contributed by atoms with Gasteiger partial charge in [0.1, 0.15) is 0 Å². The molecule has 1 fully saturated rings. The molecule has 0 radical (unpaired) electrons. The van der Waals surface area contributed by atoms with Gasteiger partial charge in [0.2, 0.25) is 10.0 Å². The Morgan fingerprint density at radius 2 is 2.19 bits per heavy atom. The molecule has 0 amide bonds. The smallest absolute Gasteiger partial charge is 0.320 e. The van der Waals surface area contributed by atoms with Gasteiger partial charge in [0, 0.05) is 19.6 Å². The third-order valence-electron chi connectivity index (χ3n) is 2.67. The summed E-state index contributed by atoms with van der Waals surface area (Å²) in [6, 6.07) is 0.141. The standard InChI is InChI=1S/C9H18N2O4S/c1-11(16(14,15)7-9(12)13)6-8-4-2-3-5-10-8/h8,10H,2-7H2,1H3,(H,12,13). The van der Waals surface area contributed by atoms with Crippen molar-refractivity contribution in [3.63, 3.8) is 0 Å². The van der Waals surface area contributed by atoms with Gasteiger partial charge in [-0.05, 0) is 19.4 Å². The molecule has 0 aliphatic carbocycles. The lowest BCUT2D eigenvalue weighted by atomic mass is 10.1. The molecule has 2 N–H and O–H groups in total. The molecule has 0 saturated carbocycles. The van der Waals surface area contributed by atoms with E-state index in [0.717, 1.165) is 30.1 Å². The maximum atomic E-state index is 11.5. The number of piperidine rings is 1. The molecule has 1 aliphatic heterocycles. The highest BCUT2D eigenvalue weighted by Gasteiger charge is 2.24. The maximum absolute atomic E-state index is 11.5. The zero-order valence-electron chi connectivity index (χ0n) is 9.35. The summed E-state index contributed by atoms with van der Waals surface area (Å²) < 4.78 is 24.2. The van der Waals surface area contributed by atoms with E-state index < -0.39 is 21.7 Å². The van der Waals surface area contributed by atoms with Gasteiger partial charge in [-0.15, -0.1) is 0 Å². The number of hydrogen-bond donors (Lipinski definition) is 2. The van der Waals surface area contributed by atoms with E-state index in [4.69, 9.17) is 5.11 Å². The van der Waals surface area contributed by atoms with E-state index in [0.29, 0.717) is 6.54 Å². The first kappa shape index (κ1) is 13.4. The van der Waals surface area contributed by atoms with Crippen LogP contribution in [0.15, 0.2) is 0 Å². The molecule has 1 unspecified atom stereocenters. The lowest BCUT2D eigenvalue weighted by Crippen LogP contribution is -2.45. The molecule has 0 aromatic carbocycles. The van der Waals surface area contributed by atoms with E-state index in [9.17, 15) is 13.2 Å². The van der Waals surface area contributed by atoms with Gasteiger partial charge < -0.3 is 10.4 Å². The fourth-order valence-electron chi connectivity index (χ4n) is 1.77. The van der Waals surface area contributed by atoms with Crippen molar-refractivity contribution in [1.82, 2.24) is 9.62 Å². The Labute approximate surface area is 95.7 Å². The highest BCUT2D eigenvalue weighted by atomic mass is 32.2. The van der Waals surface area contributed by atoms with E-state index in [1.165, 1.54) is 7.05 Å². The summed E-state index contributed by atoms with van der Waals surface area (Å²) in [6.07, 6.45) is 3.14. The molecular weight excluding hydrogens is 232 g/mol. The molecule has 16 heavy (non-hydrogen) atoms. The number of sulfonamides is 1. The zero-order chi connectivity index (χ0) is 12.2. The van der Waals surface area contributed by atoms with Crippen LogP contribution in [0.5, 0.6) is 0 Å². The summed E-state index contributed by atoms with van der Waals surface area (Å²) in [5.74, 6) is -2.15. The summed E-state index contributed by atoms with van der Waals surface area (Å²) in [6.45, 7) is 1.24. The molecule has 0 bridgehead atoms. The van der Waals surface area contributed by atoms with Crippen LogP contribution < -0.4 is 5.32 Å². The van der Waals surface area contributed by atoms with Crippen LogP contribution in [0.25, 0.3) is 0 Å². The van der Waals surface area contributed by atoms with Gasteiger partial charge in [-0.3, -0.25) is 4.79 Å². The molecule has 6 nitrogen and oxygen atoms in total. The Kier molecular flexibility index (Phi) is 4.69. The third-order valence-corrected chi connectivity index (χ3v) is 4.38. The normalized spacial score (nSPS) is 22.2. The van der Waals surface area contributed by atoms with Crippen molar-refractivity contribution >= 4 is 16.0 Å². The monoisotopic (exact) mass is 250 g/mol. The fourth-order valence-corrected chi connectivity index (χ4v) is 2.71. The molecule has 0 aromatic heterocycles. The summed E-state index contributed by atoms with van der Waals surface area (Å²) in [5.41, 5.74) is 0. The van der Waals surface area contributed by atoms with Crippen molar-refractivity contribution in [2.24, 2.45) is 0 Å². The van der Waals surface area contributed by atoms with Crippen LogP contribution in [0, 0.1) is 0 Å². The number of carbonyl (C=O) groups is 1. The molecule has 1 rings (SSSR count). The summed E-state index contributed by atoms with van der Waals surface area (Å²) in [7, 11) is -2.24. The highest BCUT2D eigenvalue weighted by molar-refractivity contribution is 7.89. The lowest BCUT2D eigenvalue weighted by Gasteiger charge is -2.27. The first-order valence-electron chi connectivity index (χ1n) is 5.31. The van der Waals surface area contributed by atoms with Crippen molar-refractivity contribution in [1.29, 1.82) is 0 Å². The van der Waals surface area contributed by atoms with Crippen LogP contribution in [0.3, 0.4) is 0 Å². The Hall–Kier alpha value is -0.660. The number of hydrogen-bond acceptors (Lipinski definition) is 4. The minimum absolute atomic E-state index is 0.141. The van der Waals surface area contributed by atoms with Crippen LogP contribution in [-0.2, 0) is 14.8 Å². The molecule has 0 spiro atoms. The predicted octanol–water partition coefficient (Wildman–Crippen LogP) is -0.525. The van der Waals surface area contributed by atoms with E-state index in [-0.39, 0.29) is 6.04 Å². The predicted molar refractivity (Wildman–Crippen MR) is 59.7 cm³/mol. The fraction of sp³-hybridized carbons (Fsp3) is 0.889. The second-order valence-electron chi connectivity index (χ2n) is 4.08. The van der Waals surface area contributed by atoms with Crippen LogP contribution in [0.4, 0.5) is 0 Å². The number of likely N-dealkylation sites (N-methyl/N-ethyl adjacent to an activating group) is 1. The average Bonchev–Trinajstić information content (AvgIpc) is 2.17. The highest BCUT2D eigenvalue weighted by Crippen LogP contribution is 2.09. The van der Waals surface area contributed by atoms with Crippen molar-refractivity contribution in [3.05, 3.63) is 0 Å². The summed E-state index contributed by atoms with van der Waals surface area (Å²) in [4.78, 5) is 10.4. The Balaban J connectivity index is 2.49. The number of aliphatic carboxylic acids is 1. The molecule has 94 valence electrons. The second kappa shape index (κ2) is 5.60. The minimum atomic E-state index is -3.67. The number of nitrogens with one attached hydrogen (secondary N) is 1. The van der Waals surface area contributed by atoms with Crippen molar-refractivity contribution < 1.29 is 18.3 Å². The van der Waals surface area contributed by atoms with Gasteiger partial charge >= 0.3 is 5.97 Å². The first-order chi connectivity index (χ1) is 7.42. The van der Waals surface area contributed by atoms with Crippen molar-refractivity contribution in [2.45, 2.75) is 25.3 Å². The molecule has 1 aliphatic rings. The molecular formula is C9H18N2O4S. The van der Waals surface area contributed by atoms with E-state index in [2.05, 4.69) is 5.32 Å². The van der Waals surface area contributed by atoms with Gasteiger partial charge in [-0.25, -0.2) is 12.7 Å². The van der Waals surface area contributed by atoms with Gasteiger partial charge in [0.15, 0.2) is 5.75 Å². The van der Waals surface area contributed by atoms with Crippen molar-refractivity contribution in [2.75, 3.05) is 25.9 Å². The Morgan fingerprint density at radius 3 is 2.69 bits per heavy atom. The van der Waals surface area contributed by atoms with Gasteiger partial charge in [-0.1, -0.05) is 6.42 Å². The van der Waals surface area contributed by atoms with E-state index in [1.54, 1.807) is 0 Å². The summed E-state index contributed by atoms with van der Waals surface area (Å²) >= 11 is 0. The van der Waals surface area contributed by atoms with Gasteiger partial charge in [0.25, 0.3) is 0 Å². The SMILES string of the molecule is CN(CC1CCCCN1)S(=O)(=O)CC(=O)O. The van der Waals surface area contributed by atoms with Crippen LogP contribution >= 0.6 is 0 Å². The van der Waals surface area contributed by atoms with Crippen molar-refractivity contribution in [3.8, 4) is 0 Å². The largest absolute Gasteiger partial charge is 0.480 e. The quantitative estimate of drug-likeness (QED) is 0.685. The molecule has 1 atom stereocenters. The maximum Gasteiger partial charge on any atom is 0.320 e. The number of nitrogens with zero attached hydrogens (tertiary/aromatic N) is 1. The van der Waals surface area contributed by atoms with Gasteiger partial charge in [0.05, 0.1) is 0 Å². The lowest BCUT2D eigenvalue weighted by molar-refractivity contribution is -0.134. The van der Waals surface area contributed by atoms with Gasteiger partial charge in [-0.2, -0.15) is 0 Å². The average molecular weight is 250 g/mol. The minimum Gasteiger partial charge on any atom is -0.480 e. The number of carboxylic acids is 1. The number of rotatable bonds is 5. The Bertz CT molecular complexity index is 335. The number of carboxylic acid groups (broad SMARTS) is 1. The third kappa shape index (κ3) is 4.07. The molecule has 1 heterocycles. The van der Waals surface area contributed by atoms with Crippen LogP contribution in [0.1, 0.15) is 19.3 Å². The van der Waals surface area contributed by atoms with E-state index in [1.807, 2.05) is 0 Å². The molecule has 1 saturated heterocycles. The van der Waals surface area contributed by atoms with E-state index >= 15 is 0 Å². The topological polar surface area (TPSA) is 86.7 Å². The second-order valence-corrected chi connectivity index (χ2v) is 6.15. The molecule has 0 aromatic rings. The summed E-state index contributed by atoms with van der Waals surface area (Å²) in [5, 5.41) is 11.7. The van der Waals surface area contributed by atoms with Crippen LogP contribution in [-0.4, -0.2) is 55.7 Å². The molecule has 7 heteroatoms. The zero-order valence-corrected chi connectivity index (χ0v) is 10.2. The Morgan fingerprint density at radius 1 is 1.50 bits per heavy atom.